The van der Waals surface area contributed by atoms with Gasteiger partial charge in [0.2, 0.25) is 5.91 Å². The lowest BCUT2D eigenvalue weighted by molar-refractivity contribution is -0.141. The van der Waals surface area contributed by atoms with Gasteiger partial charge in [-0.05, 0) is 37.7 Å². The summed E-state index contributed by atoms with van der Waals surface area (Å²) in [4.78, 5) is 18.1. The first-order valence-corrected chi connectivity index (χ1v) is 10.3. The molecule has 0 spiro atoms. The first-order chi connectivity index (χ1) is 12.2. The Kier molecular flexibility index (Phi) is 6.52. The van der Waals surface area contributed by atoms with Crippen molar-refractivity contribution in [2.24, 2.45) is 5.92 Å². The maximum Gasteiger partial charge on any atom is 0.226 e. The molecule has 2 aliphatic rings. The van der Waals surface area contributed by atoms with E-state index in [1.807, 2.05) is 0 Å². The van der Waals surface area contributed by atoms with E-state index >= 15 is 0 Å². The van der Waals surface area contributed by atoms with E-state index in [-0.39, 0.29) is 5.92 Å². The molecule has 1 saturated carbocycles. The van der Waals surface area contributed by atoms with E-state index in [0.717, 1.165) is 57.8 Å². The standard InChI is InChI=1S/C22H34N2O/c1-3-8-19(9-4-2)22(25)24-15-14-23(20-12-13-20)17-21(24)16-18-10-6-5-7-11-18/h5-7,10-11,19-21H,3-4,8-9,12-17H2,1-2H3. The van der Waals surface area contributed by atoms with Gasteiger partial charge in [-0.25, -0.2) is 0 Å². The lowest BCUT2D eigenvalue weighted by atomic mass is 9.94. The van der Waals surface area contributed by atoms with Gasteiger partial charge < -0.3 is 4.90 Å². The van der Waals surface area contributed by atoms with Crippen LogP contribution in [0.15, 0.2) is 30.3 Å². The van der Waals surface area contributed by atoms with Crippen molar-refractivity contribution in [2.45, 2.75) is 70.9 Å². The highest BCUT2D eigenvalue weighted by molar-refractivity contribution is 5.79. The van der Waals surface area contributed by atoms with Crippen LogP contribution in [-0.2, 0) is 11.2 Å². The molecule has 1 aromatic carbocycles. The average Bonchev–Trinajstić information content (AvgIpc) is 3.47. The molecule has 1 amide bonds. The van der Waals surface area contributed by atoms with Crippen LogP contribution in [0.3, 0.4) is 0 Å². The maximum absolute atomic E-state index is 13.3. The smallest absolute Gasteiger partial charge is 0.226 e. The summed E-state index contributed by atoms with van der Waals surface area (Å²) in [6.07, 6.45) is 7.95. The SMILES string of the molecule is CCCC(CCC)C(=O)N1CCN(C2CC2)CC1Cc1ccccc1. The van der Waals surface area contributed by atoms with Crippen molar-refractivity contribution < 1.29 is 4.79 Å². The van der Waals surface area contributed by atoms with Crippen LogP contribution in [0.2, 0.25) is 0 Å². The molecule has 1 unspecified atom stereocenters. The highest BCUT2D eigenvalue weighted by atomic mass is 16.2. The van der Waals surface area contributed by atoms with Crippen molar-refractivity contribution in [3.8, 4) is 0 Å². The van der Waals surface area contributed by atoms with Gasteiger partial charge in [0, 0.05) is 37.6 Å². The summed E-state index contributed by atoms with van der Waals surface area (Å²) >= 11 is 0. The Balaban J connectivity index is 1.72. The Bertz CT molecular complexity index is 534. The second-order valence-electron chi connectivity index (χ2n) is 7.88. The van der Waals surface area contributed by atoms with Crippen LogP contribution in [0.25, 0.3) is 0 Å². The number of piperazine rings is 1. The van der Waals surface area contributed by atoms with Crippen LogP contribution in [0, 0.1) is 5.92 Å². The molecule has 1 aliphatic heterocycles. The van der Waals surface area contributed by atoms with E-state index in [0.29, 0.717) is 11.9 Å². The quantitative estimate of drug-likeness (QED) is 0.709. The molecule has 1 aromatic rings. The van der Waals surface area contributed by atoms with Crippen LogP contribution in [0.1, 0.15) is 57.9 Å². The van der Waals surface area contributed by atoms with Gasteiger partial charge in [0.25, 0.3) is 0 Å². The van der Waals surface area contributed by atoms with Crippen LogP contribution in [-0.4, -0.2) is 47.4 Å². The molecule has 1 heterocycles. The second kappa shape index (κ2) is 8.84. The highest BCUT2D eigenvalue weighted by Crippen LogP contribution is 2.30. The number of hydrogen-bond donors (Lipinski definition) is 0. The zero-order valence-corrected chi connectivity index (χ0v) is 16.0. The van der Waals surface area contributed by atoms with Crippen LogP contribution in [0.4, 0.5) is 0 Å². The fourth-order valence-corrected chi connectivity index (χ4v) is 4.32. The number of carbonyl (C=O) groups is 1. The summed E-state index contributed by atoms with van der Waals surface area (Å²) in [5.74, 6) is 0.640. The van der Waals surface area contributed by atoms with Gasteiger partial charge in [0.1, 0.15) is 0 Å². The molecule has 1 aliphatic carbocycles. The minimum absolute atomic E-state index is 0.223. The maximum atomic E-state index is 13.3. The normalized spacial score (nSPS) is 21.7. The number of benzene rings is 1. The van der Waals surface area contributed by atoms with Gasteiger partial charge in [-0.1, -0.05) is 57.0 Å². The Hall–Kier alpha value is -1.35. The summed E-state index contributed by atoms with van der Waals surface area (Å²) in [7, 11) is 0. The molecule has 0 radical (unpaired) electrons. The number of carbonyl (C=O) groups excluding carboxylic acids is 1. The van der Waals surface area contributed by atoms with Crippen molar-refractivity contribution in [3.63, 3.8) is 0 Å². The monoisotopic (exact) mass is 342 g/mol. The van der Waals surface area contributed by atoms with Gasteiger partial charge in [0.15, 0.2) is 0 Å². The summed E-state index contributed by atoms with van der Waals surface area (Å²) in [6, 6.07) is 11.8. The predicted molar refractivity (Wildman–Crippen MR) is 104 cm³/mol. The Morgan fingerprint density at radius 2 is 1.76 bits per heavy atom. The Labute approximate surface area is 153 Å². The third kappa shape index (κ3) is 4.84. The van der Waals surface area contributed by atoms with Crippen molar-refractivity contribution in [2.75, 3.05) is 19.6 Å². The van der Waals surface area contributed by atoms with E-state index in [4.69, 9.17) is 0 Å². The van der Waals surface area contributed by atoms with E-state index in [9.17, 15) is 4.79 Å². The van der Waals surface area contributed by atoms with E-state index in [2.05, 4.69) is 54.0 Å². The molecule has 0 N–H and O–H groups in total. The van der Waals surface area contributed by atoms with Crippen molar-refractivity contribution in [1.82, 2.24) is 9.80 Å². The van der Waals surface area contributed by atoms with Crippen LogP contribution >= 0.6 is 0 Å². The van der Waals surface area contributed by atoms with Gasteiger partial charge in [-0.2, -0.15) is 0 Å². The summed E-state index contributed by atoms with van der Waals surface area (Å²) < 4.78 is 0. The molecule has 25 heavy (non-hydrogen) atoms. The molecule has 2 fully saturated rings. The lowest BCUT2D eigenvalue weighted by Gasteiger charge is -2.43. The van der Waals surface area contributed by atoms with Gasteiger partial charge in [-0.15, -0.1) is 0 Å². The molecule has 1 saturated heterocycles. The zero-order chi connectivity index (χ0) is 17.6. The molecule has 138 valence electrons. The third-order valence-corrected chi connectivity index (χ3v) is 5.80. The molecule has 0 bridgehead atoms. The molecule has 1 atom stereocenters. The van der Waals surface area contributed by atoms with Crippen LogP contribution < -0.4 is 0 Å². The fraction of sp³-hybridized carbons (Fsp3) is 0.682. The minimum Gasteiger partial charge on any atom is -0.337 e. The molecular formula is C22H34N2O. The van der Waals surface area contributed by atoms with E-state index in [1.54, 1.807) is 0 Å². The number of amides is 1. The van der Waals surface area contributed by atoms with Crippen LogP contribution in [0.5, 0.6) is 0 Å². The third-order valence-electron chi connectivity index (χ3n) is 5.80. The number of hydrogen-bond acceptors (Lipinski definition) is 2. The largest absolute Gasteiger partial charge is 0.337 e. The molecular weight excluding hydrogens is 308 g/mol. The fourth-order valence-electron chi connectivity index (χ4n) is 4.32. The van der Waals surface area contributed by atoms with Gasteiger partial charge in [-0.3, -0.25) is 9.69 Å². The number of nitrogens with zero attached hydrogens (tertiary/aromatic N) is 2. The van der Waals surface area contributed by atoms with Crippen molar-refractivity contribution >= 4 is 5.91 Å². The Morgan fingerprint density at radius 3 is 2.36 bits per heavy atom. The molecule has 3 heteroatoms. The predicted octanol–water partition coefficient (Wildman–Crippen LogP) is 4.12. The highest BCUT2D eigenvalue weighted by Gasteiger charge is 2.38. The number of rotatable bonds is 8. The summed E-state index contributed by atoms with van der Waals surface area (Å²) in [6.45, 7) is 7.42. The van der Waals surface area contributed by atoms with Gasteiger partial charge in [0.05, 0.1) is 0 Å². The minimum atomic E-state index is 0.223. The van der Waals surface area contributed by atoms with Crippen molar-refractivity contribution in [1.29, 1.82) is 0 Å². The lowest BCUT2D eigenvalue weighted by Crippen LogP contribution is -2.57. The molecule has 3 nitrogen and oxygen atoms in total. The van der Waals surface area contributed by atoms with Gasteiger partial charge >= 0.3 is 0 Å². The zero-order valence-electron chi connectivity index (χ0n) is 16.0. The Morgan fingerprint density at radius 1 is 1.08 bits per heavy atom. The van der Waals surface area contributed by atoms with E-state index < -0.39 is 0 Å². The molecule has 0 aromatic heterocycles. The first kappa shape index (κ1) is 18.4. The first-order valence-electron chi connectivity index (χ1n) is 10.3. The average molecular weight is 343 g/mol. The molecule has 3 rings (SSSR count). The summed E-state index contributed by atoms with van der Waals surface area (Å²) in [5.41, 5.74) is 1.35. The second-order valence-corrected chi connectivity index (χ2v) is 7.88. The van der Waals surface area contributed by atoms with E-state index in [1.165, 1.54) is 18.4 Å². The van der Waals surface area contributed by atoms with Crippen molar-refractivity contribution in [3.05, 3.63) is 35.9 Å². The summed E-state index contributed by atoms with van der Waals surface area (Å²) in [5, 5.41) is 0. The topological polar surface area (TPSA) is 23.6 Å².